The molecule has 0 aliphatic carbocycles. The molecule has 0 saturated heterocycles. The van der Waals surface area contributed by atoms with E-state index in [1.807, 2.05) is 42.6 Å². The zero-order valence-corrected chi connectivity index (χ0v) is 9.54. The molecule has 2 heterocycles. The van der Waals surface area contributed by atoms with Crippen LogP contribution < -0.4 is 5.73 Å². The zero-order valence-electron chi connectivity index (χ0n) is 9.54. The van der Waals surface area contributed by atoms with Gasteiger partial charge in [0.15, 0.2) is 0 Å². The molecule has 2 aromatic heterocycles. The number of para-hydroxylation sites is 1. The number of nitrogen functional groups attached to an aromatic ring is 1. The van der Waals surface area contributed by atoms with Crippen LogP contribution in [0.1, 0.15) is 5.56 Å². The molecule has 4 heteroatoms. The van der Waals surface area contributed by atoms with E-state index in [4.69, 9.17) is 5.73 Å². The van der Waals surface area contributed by atoms with Crippen LogP contribution in [0.15, 0.2) is 48.8 Å². The summed E-state index contributed by atoms with van der Waals surface area (Å²) in [5.74, 6) is 0. The lowest BCUT2D eigenvalue weighted by Crippen LogP contribution is -1.98. The van der Waals surface area contributed by atoms with E-state index in [0.717, 1.165) is 16.6 Å². The summed E-state index contributed by atoms with van der Waals surface area (Å²) >= 11 is 0. The topological polar surface area (TPSA) is 67.1 Å². The molecule has 2 N–H and O–H groups in total. The van der Waals surface area contributed by atoms with Crippen molar-refractivity contribution in [2.45, 2.75) is 0 Å². The third-order valence-corrected chi connectivity index (χ3v) is 2.92. The maximum Gasteiger partial charge on any atom is 0.102 e. The van der Waals surface area contributed by atoms with Gasteiger partial charge in [-0.05, 0) is 18.2 Å². The van der Waals surface area contributed by atoms with Gasteiger partial charge in [0.25, 0.3) is 0 Å². The quantitative estimate of drug-likeness (QED) is 0.657. The third-order valence-electron chi connectivity index (χ3n) is 2.92. The van der Waals surface area contributed by atoms with E-state index in [1.165, 1.54) is 0 Å². The molecule has 3 aromatic rings. The van der Waals surface area contributed by atoms with Crippen molar-refractivity contribution in [2.24, 2.45) is 0 Å². The number of rotatable bonds is 1. The molecule has 0 saturated carbocycles. The minimum atomic E-state index is 0.527. The Hall–Kier alpha value is -2.80. The van der Waals surface area contributed by atoms with Crippen LogP contribution in [-0.4, -0.2) is 9.61 Å². The van der Waals surface area contributed by atoms with Gasteiger partial charge in [0.2, 0.25) is 0 Å². The first kappa shape index (κ1) is 10.4. The number of hydrogen-bond acceptors (Lipinski definition) is 3. The Kier molecular flexibility index (Phi) is 2.24. The average Bonchev–Trinajstić information content (AvgIpc) is 2.86. The van der Waals surface area contributed by atoms with Crippen molar-refractivity contribution < 1.29 is 0 Å². The van der Waals surface area contributed by atoms with Gasteiger partial charge in [-0.3, -0.25) is 0 Å². The fourth-order valence-electron chi connectivity index (χ4n) is 2.09. The van der Waals surface area contributed by atoms with Crippen LogP contribution in [0, 0.1) is 11.3 Å². The van der Waals surface area contributed by atoms with Crippen molar-refractivity contribution in [3.8, 4) is 17.2 Å². The summed E-state index contributed by atoms with van der Waals surface area (Å²) in [5.41, 5.74) is 9.75. The predicted octanol–water partition coefficient (Wildman–Crippen LogP) is 2.46. The number of nitrogens with two attached hydrogens (primary N) is 1. The lowest BCUT2D eigenvalue weighted by atomic mass is 10.00. The van der Waals surface area contributed by atoms with E-state index in [0.29, 0.717) is 11.3 Å². The van der Waals surface area contributed by atoms with Crippen molar-refractivity contribution in [3.05, 3.63) is 54.4 Å². The summed E-state index contributed by atoms with van der Waals surface area (Å²) in [6, 6.07) is 13.5. The van der Waals surface area contributed by atoms with Crippen molar-refractivity contribution >= 4 is 11.2 Å². The van der Waals surface area contributed by atoms with Gasteiger partial charge in [-0.15, -0.1) is 0 Å². The van der Waals surface area contributed by atoms with Gasteiger partial charge in [-0.1, -0.05) is 18.2 Å². The summed E-state index contributed by atoms with van der Waals surface area (Å²) in [5, 5.41) is 13.4. The van der Waals surface area contributed by atoms with Gasteiger partial charge in [-0.25, -0.2) is 4.52 Å². The molecule has 0 radical (unpaired) electrons. The monoisotopic (exact) mass is 234 g/mol. The molecule has 3 rings (SSSR count). The Morgan fingerprint density at radius 1 is 1.17 bits per heavy atom. The van der Waals surface area contributed by atoms with Crippen LogP contribution in [0.3, 0.4) is 0 Å². The van der Waals surface area contributed by atoms with E-state index < -0.39 is 0 Å². The summed E-state index contributed by atoms with van der Waals surface area (Å²) in [7, 11) is 0. The average molecular weight is 234 g/mol. The molecule has 0 atom stereocenters. The highest BCUT2D eigenvalue weighted by molar-refractivity contribution is 5.90. The summed E-state index contributed by atoms with van der Waals surface area (Å²) in [4.78, 5) is 0. The van der Waals surface area contributed by atoms with Gasteiger partial charge < -0.3 is 5.73 Å². The molecule has 0 amide bonds. The molecule has 0 aliphatic rings. The number of anilines is 1. The van der Waals surface area contributed by atoms with E-state index >= 15 is 0 Å². The Labute approximate surface area is 104 Å². The van der Waals surface area contributed by atoms with Crippen molar-refractivity contribution in [2.75, 3.05) is 5.73 Å². The van der Waals surface area contributed by atoms with Crippen LogP contribution >= 0.6 is 0 Å². The second-order valence-electron chi connectivity index (χ2n) is 3.97. The lowest BCUT2D eigenvalue weighted by Gasteiger charge is -2.09. The second-order valence-corrected chi connectivity index (χ2v) is 3.97. The van der Waals surface area contributed by atoms with Gasteiger partial charge in [-0.2, -0.15) is 10.4 Å². The van der Waals surface area contributed by atoms with Gasteiger partial charge in [0.1, 0.15) is 6.07 Å². The van der Waals surface area contributed by atoms with Crippen LogP contribution in [-0.2, 0) is 0 Å². The molecular weight excluding hydrogens is 224 g/mol. The van der Waals surface area contributed by atoms with Crippen molar-refractivity contribution in [1.29, 1.82) is 5.26 Å². The highest BCUT2D eigenvalue weighted by Crippen LogP contribution is 2.31. The SMILES string of the molecule is N#Cc1cnn2cccc2c1-c1ccccc1N. The normalized spacial score (nSPS) is 10.4. The van der Waals surface area contributed by atoms with E-state index in [1.54, 1.807) is 10.7 Å². The molecule has 0 aliphatic heterocycles. The minimum absolute atomic E-state index is 0.527. The fraction of sp³-hybridized carbons (Fsp3) is 0. The van der Waals surface area contributed by atoms with E-state index in [-0.39, 0.29) is 0 Å². The number of nitrogens with zero attached hydrogens (tertiary/aromatic N) is 3. The maximum absolute atomic E-state index is 9.23. The number of fused-ring (bicyclic) bond motifs is 1. The molecule has 0 bridgehead atoms. The third kappa shape index (κ3) is 1.42. The molecule has 86 valence electrons. The molecule has 0 unspecified atom stereocenters. The van der Waals surface area contributed by atoms with Gasteiger partial charge in [0, 0.05) is 23.0 Å². The molecule has 18 heavy (non-hydrogen) atoms. The number of hydrogen-bond donors (Lipinski definition) is 1. The first-order chi connectivity index (χ1) is 8.81. The summed E-state index contributed by atoms with van der Waals surface area (Å²) < 4.78 is 1.74. The lowest BCUT2D eigenvalue weighted by molar-refractivity contribution is 0.939. The highest BCUT2D eigenvalue weighted by atomic mass is 15.2. The Balaban J connectivity index is 2.44. The van der Waals surface area contributed by atoms with Crippen LogP contribution in [0.4, 0.5) is 5.69 Å². The van der Waals surface area contributed by atoms with Crippen LogP contribution in [0.25, 0.3) is 16.6 Å². The van der Waals surface area contributed by atoms with Crippen molar-refractivity contribution in [1.82, 2.24) is 9.61 Å². The number of aromatic nitrogens is 2. The molecule has 0 fully saturated rings. The first-order valence-electron chi connectivity index (χ1n) is 5.52. The Morgan fingerprint density at radius 3 is 2.78 bits per heavy atom. The Morgan fingerprint density at radius 2 is 2.00 bits per heavy atom. The number of nitriles is 1. The van der Waals surface area contributed by atoms with E-state index in [9.17, 15) is 5.26 Å². The molecule has 4 nitrogen and oxygen atoms in total. The van der Waals surface area contributed by atoms with Crippen molar-refractivity contribution in [3.63, 3.8) is 0 Å². The Bertz CT molecular complexity index is 765. The standard InChI is InChI=1S/C14H10N4/c15-8-10-9-17-18-7-3-6-13(18)14(10)11-4-1-2-5-12(11)16/h1-7,9H,16H2. The smallest absolute Gasteiger partial charge is 0.102 e. The van der Waals surface area contributed by atoms with Gasteiger partial charge in [0.05, 0.1) is 17.3 Å². The first-order valence-corrected chi connectivity index (χ1v) is 5.52. The highest BCUT2D eigenvalue weighted by Gasteiger charge is 2.12. The van der Waals surface area contributed by atoms with Gasteiger partial charge >= 0.3 is 0 Å². The van der Waals surface area contributed by atoms with E-state index in [2.05, 4.69) is 11.2 Å². The zero-order chi connectivity index (χ0) is 12.5. The minimum Gasteiger partial charge on any atom is -0.398 e. The molecular formula is C14H10N4. The number of benzene rings is 1. The molecule has 1 aromatic carbocycles. The van der Waals surface area contributed by atoms with Crippen LogP contribution in [0.5, 0.6) is 0 Å². The molecule has 0 spiro atoms. The maximum atomic E-state index is 9.23. The largest absolute Gasteiger partial charge is 0.398 e. The fourth-order valence-corrected chi connectivity index (χ4v) is 2.09. The van der Waals surface area contributed by atoms with Crippen LogP contribution in [0.2, 0.25) is 0 Å². The summed E-state index contributed by atoms with van der Waals surface area (Å²) in [6.45, 7) is 0. The second kappa shape index (κ2) is 3.90. The predicted molar refractivity (Wildman–Crippen MR) is 69.8 cm³/mol. The summed E-state index contributed by atoms with van der Waals surface area (Å²) in [6.07, 6.45) is 3.41.